The predicted octanol–water partition coefficient (Wildman–Crippen LogP) is 1.64. The maximum absolute atomic E-state index is 13.2. The lowest BCUT2D eigenvalue weighted by Crippen LogP contribution is -2.59. The second-order valence-corrected chi connectivity index (χ2v) is 4.79. The normalized spacial score (nSPS) is 26.0. The van der Waals surface area contributed by atoms with Crippen LogP contribution in [0.1, 0.15) is 12.0 Å². The summed E-state index contributed by atoms with van der Waals surface area (Å²) < 4.78 is 29.5. The molecule has 1 fully saturated rings. The van der Waals surface area contributed by atoms with Crippen molar-refractivity contribution >= 4 is 0 Å². The van der Waals surface area contributed by atoms with Gasteiger partial charge in [0.25, 0.3) is 0 Å². The highest BCUT2D eigenvalue weighted by atomic mass is 19.1. The fourth-order valence-corrected chi connectivity index (χ4v) is 2.09. The summed E-state index contributed by atoms with van der Waals surface area (Å²) in [5.41, 5.74) is 6.80. The van der Waals surface area contributed by atoms with Crippen molar-refractivity contribution in [3.63, 3.8) is 0 Å². The summed E-state index contributed by atoms with van der Waals surface area (Å²) in [4.78, 5) is 0. The average molecular weight is 269 g/mol. The van der Waals surface area contributed by atoms with Crippen molar-refractivity contribution in [2.75, 3.05) is 20.3 Å². The molecule has 3 atom stereocenters. The van der Waals surface area contributed by atoms with E-state index in [-0.39, 0.29) is 24.1 Å². The van der Waals surface area contributed by atoms with Crippen LogP contribution in [-0.4, -0.2) is 38.6 Å². The standard InChI is InChI=1S/C14H20FNO3/c1-9-3-4-10(15)7-12(9)19-13-8-11(16)14(13)18-6-5-17-2/h3-4,7,11,13-14H,5-6,8,16H2,1-2H3. The zero-order valence-corrected chi connectivity index (χ0v) is 11.3. The Morgan fingerprint density at radius 2 is 2.16 bits per heavy atom. The molecule has 3 unspecified atom stereocenters. The number of rotatable bonds is 6. The van der Waals surface area contributed by atoms with Gasteiger partial charge in [0.15, 0.2) is 0 Å². The first-order chi connectivity index (χ1) is 9.11. The van der Waals surface area contributed by atoms with Gasteiger partial charge in [0.2, 0.25) is 0 Å². The molecule has 0 bridgehead atoms. The fraction of sp³-hybridized carbons (Fsp3) is 0.571. The van der Waals surface area contributed by atoms with Crippen molar-refractivity contribution in [1.29, 1.82) is 0 Å². The molecule has 5 heteroatoms. The van der Waals surface area contributed by atoms with Gasteiger partial charge in [0.1, 0.15) is 23.8 Å². The minimum atomic E-state index is -0.305. The Balaban J connectivity index is 1.93. The molecule has 0 saturated heterocycles. The molecule has 4 nitrogen and oxygen atoms in total. The van der Waals surface area contributed by atoms with Crippen LogP contribution in [0.2, 0.25) is 0 Å². The van der Waals surface area contributed by atoms with Gasteiger partial charge >= 0.3 is 0 Å². The second-order valence-electron chi connectivity index (χ2n) is 4.79. The Morgan fingerprint density at radius 3 is 2.84 bits per heavy atom. The van der Waals surface area contributed by atoms with E-state index >= 15 is 0 Å². The van der Waals surface area contributed by atoms with Crippen molar-refractivity contribution in [3.8, 4) is 5.75 Å². The first-order valence-electron chi connectivity index (χ1n) is 6.40. The van der Waals surface area contributed by atoms with Crippen molar-refractivity contribution < 1.29 is 18.6 Å². The Morgan fingerprint density at radius 1 is 1.37 bits per heavy atom. The van der Waals surface area contributed by atoms with E-state index in [0.717, 1.165) is 5.56 Å². The minimum absolute atomic E-state index is 0.0317. The maximum atomic E-state index is 13.2. The summed E-state index contributed by atoms with van der Waals surface area (Å²) in [5, 5.41) is 0. The number of ether oxygens (including phenoxy) is 3. The largest absolute Gasteiger partial charge is 0.487 e. The summed E-state index contributed by atoms with van der Waals surface area (Å²) in [6.07, 6.45) is 0.443. The molecule has 0 amide bonds. The van der Waals surface area contributed by atoms with Crippen LogP contribution in [0.4, 0.5) is 4.39 Å². The molecular weight excluding hydrogens is 249 g/mol. The highest BCUT2D eigenvalue weighted by Crippen LogP contribution is 2.29. The van der Waals surface area contributed by atoms with Crippen LogP contribution < -0.4 is 10.5 Å². The summed E-state index contributed by atoms with van der Waals surface area (Å²) in [7, 11) is 1.62. The first-order valence-corrected chi connectivity index (χ1v) is 6.40. The van der Waals surface area contributed by atoms with Gasteiger partial charge in [-0.3, -0.25) is 0 Å². The number of methoxy groups -OCH3 is 1. The molecule has 1 aromatic carbocycles. The van der Waals surface area contributed by atoms with Gasteiger partial charge in [0, 0.05) is 25.6 Å². The number of halogens is 1. The summed E-state index contributed by atoms with van der Waals surface area (Å²) >= 11 is 0. The van der Waals surface area contributed by atoms with Crippen molar-refractivity contribution in [1.82, 2.24) is 0 Å². The Labute approximate surface area is 112 Å². The molecule has 0 radical (unpaired) electrons. The van der Waals surface area contributed by atoms with Gasteiger partial charge in [-0.2, -0.15) is 0 Å². The number of benzene rings is 1. The van der Waals surface area contributed by atoms with E-state index in [1.54, 1.807) is 13.2 Å². The lowest BCUT2D eigenvalue weighted by Gasteiger charge is -2.42. The molecule has 106 valence electrons. The molecule has 19 heavy (non-hydrogen) atoms. The lowest BCUT2D eigenvalue weighted by molar-refractivity contribution is -0.107. The van der Waals surface area contributed by atoms with Crippen molar-refractivity contribution in [3.05, 3.63) is 29.6 Å². The lowest BCUT2D eigenvalue weighted by atomic mass is 9.86. The number of aryl methyl sites for hydroxylation is 1. The first kappa shape index (κ1) is 14.2. The van der Waals surface area contributed by atoms with E-state index in [2.05, 4.69) is 0 Å². The number of hydrogen-bond acceptors (Lipinski definition) is 4. The molecule has 1 aromatic rings. The van der Waals surface area contributed by atoms with Gasteiger partial charge in [-0.1, -0.05) is 6.07 Å². The summed E-state index contributed by atoms with van der Waals surface area (Å²) in [5.74, 6) is 0.248. The predicted molar refractivity (Wildman–Crippen MR) is 69.8 cm³/mol. The monoisotopic (exact) mass is 269 g/mol. The molecule has 0 heterocycles. The Bertz CT molecular complexity index is 427. The third-order valence-electron chi connectivity index (χ3n) is 3.32. The van der Waals surface area contributed by atoms with Crippen LogP contribution in [0.5, 0.6) is 5.75 Å². The number of nitrogens with two attached hydrogens (primary N) is 1. The molecule has 1 saturated carbocycles. The second kappa shape index (κ2) is 6.32. The van der Waals surface area contributed by atoms with Crippen LogP contribution >= 0.6 is 0 Å². The number of hydrogen-bond donors (Lipinski definition) is 1. The third-order valence-corrected chi connectivity index (χ3v) is 3.32. The van der Waals surface area contributed by atoms with Gasteiger partial charge in [-0.25, -0.2) is 4.39 Å². The maximum Gasteiger partial charge on any atom is 0.128 e. The summed E-state index contributed by atoms with van der Waals surface area (Å²) in [6, 6.07) is 4.48. The van der Waals surface area contributed by atoms with E-state index in [1.165, 1.54) is 12.1 Å². The highest BCUT2D eigenvalue weighted by molar-refractivity contribution is 5.33. The van der Waals surface area contributed by atoms with E-state index in [9.17, 15) is 4.39 Å². The quantitative estimate of drug-likeness (QED) is 0.798. The molecule has 0 spiro atoms. The fourth-order valence-electron chi connectivity index (χ4n) is 2.09. The summed E-state index contributed by atoms with van der Waals surface area (Å²) in [6.45, 7) is 2.89. The van der Waals surface area contributed by atoms with Gasteiger partial charge < -0.3 is 19.9 Å². The van der Waals surface area contributed by atoms with Gasteiger partial charge in [0.05, 0.1) is 13.2 Å². The molecular formula is C14H20FNO3. The van der Waals surface area contributed by atoms with Crippen molar-refractivity contribution in [2.24, 2.45) is 5.73 Å². The van der Waals surface area contributed by atoms with Crippen molar-refractivity contribution in [2.45, 2.75) is 31.6 Å². The van der Waals surface area contributed by atoms with Crippen LogP contribution in [0, 0.1) is 12.7 Å². The smallest absolute Gasteiger partial charge is 0.128 e. The zero-order valence-electron chi connectivity index (χ0n) is 11.3. The van der Waals surface area contributed by atoms with E-state index in [4.69, 9.17) is 19.9 Å². The zero-order chi connectivity index (χ0) is 13.8. The highest BCUT2D eigenvalue weighted by Gasteiger charge is 2.41. The van der Waals surface area contributed by atoms with Crippen LogP contribution in [-0.2, 0) is 9.47 Å². The molecule has 0 aliphatic heterocycles. The third kappa shape index (κ3) is 3.43. The molecule has 1 aliphatic carbocycles. The van der Waals surface area contributed by atoms with Gasteiger partial charge in [-0.05, 0) is 18.6 Å². The van der Waals surface area contributed by atoms with E-state index in [1.807, 2.05) is 6.92 Å². The van der Waals surface area contributed by atoms with Crippen LogP contribution in [0.25, 0.3) is 0 Å². The SMILES string of the molecule is COCCOC1C(N)CC1Oc1cc(F)ccc1C. The van der Waals surface area contributed by atoms with Crippen LogP contribution in [0.3, 0.4) is 0 Å². The Hall–Kier alpha value is -1.17. The minimum Gasteiger partial charge on any atom is -0.487 e. The topological polar surface area (TPSA) is 53.7 Å². The molecule has 2 N–H and O–H groups in total. The molecule has 1 aliphatic rings. The van der Waals surface area contributed by atoms with E-state index < -0.39 is 0 Å². The average Bonchev–Trinajstić information content (AvgIpc) is 2.38. The molecule has 2 rings (SSSR count). The van der Waals surface area contributed by atoms with E-state index in [0.29, 0.717) is 25.4 Å². The molecule has 0 aromatic heterocycles. The Kier molecular flexibility index (Phi) is 4.74. The van der Waals surface area contributed by atoms with Crippen LogP contribution in [0.15, 0.2) is 18.2 Å². The van der Waals surface area contributed by atoms with Gasteiger partial charge in [-0.15, -0.1) is 0 Å².